The van der Waals surface area contributed by atoms with E-state index in [1.54, 1.807) is 13.8 Å². The molecule has 6 atom stereocenters. The summed E-state index contributed by atoms with van der Waals surface area (Å²) in [4.78, 5) is 71.0. The lowest BCUT2D eigenvalue weighted by Gasteiger charge is -2.26. The zero-order valence-electron chi connectivity index (χ0n) is 19.3. The van der Waals surface area contributed by atoms with Crippen molar-refractivity contribution in [3.63, 3.8) is 0 Å². The molecule has 14 heteroatoms. The lowest BCUT2D eigenvalue weighted by molar-refractivity contribution is -0.145. The lowest BCUT2D eigenvalue weighted by Crippen LogP contribution is -2.58. The van der Waals surface area contributed by atoms with Gasteiger partial charge in [-0.3, -0.25) is 24.0 Å². The van der Waals surface area contributed by atoms with Gasteiger partial charge >= 0.3 is 17.9 Å². The first-order valence-corrected chi connectivity index (χ1v) is 10.7. The molecular formula is C20H34N4O10. The van der Waals surface area contributed by atoms with Gasteiger partial charge in [0.1, 0.15) is 12.1 Å². The van der Waals surface area contributed by atoms with E-state index in [-0.39, 0.29) is 12.3 Å². The van der Waals surface area contributed by atoms with Crippen LogP contribution in [0.2, 0.25) is 0 Å². The van der Waals surface area contributed by atoms with Crippen LogP contribution in [0.25, 0.3) is 0 Å². The molecule has 0 spiro atoms. The number of aliphatic hydroxyl groups is 1. The Morgan fingerprint density at radius 2 is 1.18 bits per heavy atom. The molecule has 0 rings (SSSR count). The van der Waals surface area contributed by atoms with Gasteiger partial charge in [-0.05, 0) is 25.7 Å². The third-order valence-corrected chi connectivity index (χ3v) is 5.17. The number of amides is 3. The zero-order chi connectivity index (χ0) is 26.6. The smallest absolute Gasteiger partial charge is 0.328 e. The highest BCUT2D eigenvalue weighted by molar-refractivity contribution is 5.94. The summed E-state index contributed by atoms with van der Waals surface area (Å²) < 4.78 is 0. The molecule has 194 valence electrons. The maximum Gasteiger partial charge on any atom is 0.328 e. The zero-order valence-corrected chi connectivity index (χ0v) is 19.3. The molecule has 0 aliphatic rings. The van der Waals surface area contributed by atoms with Gasteiger partial charge in [0.15, 0.2) is 6.04 Å². The van der Waals surface area contributed by atoms with Crippen LogP contribution < -0.4 is 21.7 Å². The minimum absolute atomic E-state index is 0.245. The van der Waals surface area contributed by atoms with Gasteiger partial charge in [0, 0.05) is 12.8 Å². The summed E-state index contributed by atoms with van der Waals surface area (Å²) in [6, 6.07) is -5.67. The molecule has 0 saturated heterocycles. The highest BCUT2D eigenvalue weighted by Gasteiger charge is 2.32. The van der Waals surface area contributed by atoms with Gasteiger partial charge in [0.05, 0.1) is 12.1 Å². The van der Waals surface area contributed by atoms with Crippen molar-refractivity contribution in [3.05, 3.63) is 0 Å². The van der Waals surface area contributed by atoms with E-state index in [1.807, 2.05) is 5.32 Å². The largest absolute Gasteiger partial charge is 0.481 e. The molecule has 3 amide bonds. The van der Waals surface area contributed by atoms with Crippen LogP contribution >= 0.6 is 0 Å². The molecule has 9 N–H and O–H groups in total. The molecule has 0 aromatic heterocycles. The first-order chi connectivity index (χ1) is 15.7. The van der Waals surface area contributed by atoms with Gasteiger partial charge < -0.3 is 42.1 Å². The quantitative estimate of drug-likeness (QED) is 0.118. The summed E-state index contributed by atoms with van der Waals surface area (Å²) in [5.41, 5.74) is 5.85. The number of aliphatic carboxylic acids is 3. The Morgan fingerprint density at radius 1 is 0.765 bits per heavy atom. The van der Waals surface area contributed by atoms with Crippen LogP contribution in [-0.2, 0) is 28.8 Å². The number of carboxylic acids is 3. The first-order valence-electron chi connectivity index (χ1n) is 10.7. The van der Waals surface area contributed by atoms with Gasteiger partial charge in [-0.25, -0.2) is 4.79 Å². The van der Waals surface area contributed by atoms with E-state index in [0.717, 1.165) is 6.92 Å². The summed E-state index contributed by atoms with van der Waals surface area (Å²) in [5, 5.41) is 43.2. The molecule has 0 aromatic rings. The molecule has 0 fully saturated rings. The van der Waals surface area contributed by atoms with Crippen LogP contribution in [0, 0.1) is 5.92 Å². The normalized spacial score (nSPS) is 16.1. The number of carboxylic acid groups (broad SMARTS) is 3. The van der Waals surface area contributed by atoms with Crippen molar-refractivity contribution in [1.29, 1.82) is 0 Å². The van der Waals surface area contributed by atoms with E-state index >= 15 is 0 Å². The summed E-state index contributed by atoms with van der Waals surface area (Å²) in [5.74, 6) is -7.13. The van der Waals surface area contributed by atoms with E-state index < -0.39 is 85.2 Å². The Bertz CT molecular complexity index is 758. The standard InChI is InChI=1S/C20H34N4O10/c1-4-9(2)15(21)19(32)23-11(5-7-13(26)27)17(30)22-12(6-8-14(28)29)18(31)24-16(10(3)25)20(33)34/h9-12,15-16,25H,4-8,21H2,1-3H3,(H,22,30)(H,23,32)(H,24,31)(H,26,27)(H,28,29)(H,33,34). The number of nitrogens with one attached hydrogen (secondary N) is 3. The monoisotopic (exact) mass is 490 g/mol. The van der Waals surface area contributed by atoms with E-state index in [0.29, 0.717) is 6.42 Å². The van der Waals surface area contributed by atoms with Crippen LogP contribution in [0.3, 0.4) is 0 Å². The third kappa shape index (κ3) is 11.0. The molecule has 0 radical (unpaired) electrons. The SMILES string of the molecule is CCC(C)C(N)C(=O)NC(CCC(=O)O)C(=O)NC(CCC(=O)O)C(=O)NC(C(=O)O)C(C)O. The summed E-state index contributed by atoms with van der Waals surface area (Å²) in [7, 11) is 0. The maximum absolute atomic E-state index is 12.8. The number of carbonyl (C=O) groups excluding carboxylic acids is 3. The molecule has 34 heavy (non-hydrogen) atoms. The van der Waals surface area contributed by atoms with Gasteiger partial charge in [-0.15, -0.1) is 0 Å². The molecule has 0 aliphatic carbocycles. The second-order valence-corrected chi connectivity index (χ2v) is 7.96. The second-order valence-electron chi connectivity index (χ2n) is 7.96. The lowest BCUT2D eigenvalue weighted by atomic mass is 9.98. The Kier molecular flexibility index (Phi) is 13.4. The van der Waals surface area contributed by atoms with Crippen molar-refractivity contribution >= 4 is 35.6 Å². The van der Waals surface area contributed by atoms with Gasteiger partial charge in [-0.2, -0.15) is 0 Å². The maximum atomic E-state index is 12.8. The van der Waals surface area contributed by atoms with Crippen molar-refractivity contribution < 1.29 is 49.2 Å². The summed E-state index contributed by atoms with van der Waals surface area (Å²) in [6.45, 7) is 4.63. The molecule has 0 saturated carbocycles. The van der Waals surface area contributed by atoms with Gasteiger partial charge in [-0.1, -0.05) is 20.3 Å². The number of hydrogen-bond acceptors (Lipinski definition) is 8. The molecule has 0 bridgehead atoms. The number of rotatable bonds is 16. The summed E-state index contributed by atoms with van der Waals surface area (Å²) >= 11 is 0. The molecular weight excluding hydrogens is 456 g/mol. The number of nitrogens with two attached hydrogens (primary N) is 1. The molecule has 0 aromatic carbocycles. The fraction of sp³-hybridized carbons (Fsp3) is 0.700. The third-order valence-electron chi connectivity index (χ3n) is 5.17. The van der Waals surface area contributed by atoms with Crippen molar-refractivity contribution in [3.8, 4) is 0 Å². The van der Waals surface area contributed by atoms with Crippen LogP contribution in [0.5, 0.6) is 0 Å². The fourth-order valence-corrected chi connectivity index (χ4v) is 2.77. The van der Waals surface area contributed by atoms with E-state index in [9.17, 15) is 33.9 Å². The number of carbonyl (C=O) groups is 6. The van der Waals surface area contributed by atoms with E-state index in [4.69, 9.17) is 21.1 Å². The van der Waals surface area contributed by atoms with Crippen LogP contribution in [0.15, 0.2) is 0 Å². The number of hydrogen-bond donors (Lipinski definition) is 8. The molecule has 0 aliphatic heterocycles. The average Bonchev–Trinajstić information content (AvgIpc) is 2.75. The minimum atomic E-state index is -1.73. The van der Waals surface area contributed by atoms with Gasteiger partial charge in [0.2, 0.25) is 17.7 Å². The summed E-state index contributed by atoms with van der Waals surface area (Å²) in [6.07, 6.45) is -2.81. The molecule has 0 heterocycles. The highest BCUT2D eigenvalue weighted by atomic mass is 16.4. The van der Waals surface area contributed by atoms with E-state index in [1.165, 1.54) is 0 Å². The Morgan fingerprint density at radius 3 is 1.53 bits per heavy atom. The van der Waals surface area contributed by atoms with Crippen LogP contribution in [0.4, 0.5) is 0 Å². The fourth-order valence-electron chi connectivity index (χ4n) is 2.77. The molecule has 6 unspecified atom stereocenters. The van der Waals surface area contributed by atoms with Crippen LogP contribution in [-0.4, -0.2) is 86.3 Å². The van der Waals surface area contributed by atoms with Crippen molar-refractivity contribution in [1.82, 2.24) is 16.0 Å². The Balaban J connectivity index is 5.66. The Labute approximate surface area is 196 Å². The first kappa shape index (κ1) is 30.7. The predicted octanol–water partition coefficient (Wildman–Crippen LogP) is -1.99. The number of aliphatic hydroxyl groups excluding tert-OH is 1. The van der Waals surface area contributed by atoms with Crippen molar-refractivity contribution in [2.24, 2.45) is 11.7 Å². The highest BCUT2D eigenvalue weighted by Crippen LogP contribution is 2.08. The predicted molar refractivity (Wildman–Crippen MR) is 116 cm³/mol. The van der Waals surface area contributed by atoms with Crippen molar-refractivity contribution in [2.45, 2.75) is 83.1 Å². The molecule has 14 nitrogen and oxygen atoms in total. The average molecular weight is 491 g/mol. The van der Waals surface area contributed by atoms with Gasteiger partial charge in [0.25, 0.3) is 0 Å². The minimum Gasteiger partial charge on any atom is -0.481 e. The second kappa shape index (κ2) is 14.8. The Hall–Kier alpha value is -3.26. The van der Waals surface area contributed by atoms with Crippen molar-refractivity contribution in [2.75, 3.05) is 0 Å². The topological polar surface area (TPSA) is 245 Å². The van der Waals surface area contributed by atoms with Crippen LogP contribution in [0.1, 0.15) is 52.9 Å². The van der Waals surface area contributed by atoms with E-state index in [2.05, 4.69) is 10.6 Å².